The van der Waals surface area contributed by atoms with Gasteiger partial charge >= 0.3 is 12.1 Å². The van der Waals surface area contributed by atoms with Gasteiger partial charge in [0, 0.05) is 13.0 Å². The monoisotopic (exact) mass is 285 g/mol. The number of halogens is 3. The zero-order valence-corrected chi connectivity index (χ0v) is 10.4. The SMILES string of the molecule is O=C(O)C1CCCCN1C(=O)CC(S)C(F)(F)F. The molecule has 2 unspecified atom stereocenters. The topological polar surface area (TPSA) is 57.6 Å². The highest BCUT2D eigenvalue weighted by molar-refractivity contribution is 7.81. The third-order valence-corrected chi connectivity index (χ3v) is 3.33. The highest BCUT2D eigenvalue weighted by Crippen LogP contribution is 2.28. The lowest BCUT2D eigenvalue weighted by Crippen LogP contribution is -2.49. The number of rotatable bonds is 3. The third kappa shape index (κ3) is 3.79. The van der Waals surface area contributed by atoms with E-state index in [9.17, 15) is 22.8 Å². The van der Waals surface area contributed by atoms with Crippen LogP contribution in [-0.2, 0) is 9.59 Å². The standard InChI is InChI=1S/C10H14F3NO3S/c11-10(12,13)7(18)5-8(15)14-4-2-1-3-6(14)9(16)17/h6-7,18H,1-5H2,(H,16,17). The Bertz CT molecular complexity index is 335. The molecule has 4 nitrogen and oxygen atoms in total. The maximum atomic E-state index is 12.3. The van der Waals surface area contributed by atoms with Crippen molar-refractivity contribution in [1.29, 1.82) is 0 Å². The molecule has 1 aliphatic rings. The number of thiol groups is 1. The summed E-state index contributed by atoms with van der Waals surface area (Å²) in [5.41, 5.74) is 0. The molecule has 1 aliphatic heterocycles. The van der Waals surface area contributed by atoms with Crippen molar-refractivity contribution in [2.45, 2.75) is 43.2 Å². The first-order valence-electron chi connectivity index (χ1n) is 5.50. The van der Waals surface area contributed by atoms with Crippen LogP contribution in [0.1, 0.15) is 25.7 Å². The number of carboxylic acids is 1. The van der Waals surface area contributed by atoms with Crippen LogP contribution >= 0.6 is 12.6 Å². The predicted octanol–water partition coefficient (Wildman–Crippen LogP) is 1.70. The zero-order chi connectivity index (χ0) is 13.9. The van der Waals surface area contributed by atoms with Crippen molar-refractivity contribution >= 4 is 24.5 Å². The van der Waals surface area contributed by atoms with Crippen LogP contribution in [0.5, 0.6) is 0 Å². The predicted molar refractivity (Wildman–Crippen MR) is 60.4 cm³/mol. The number of hydrogen-bond acceptors (Lipinski definition) is 3. The largest absolute Gasteiger partial charge is 0.480 e. The summed E-state index contributed by atoms with van der Waals surface area (Å²) < 4.78 is 36.8. The number of nitrogens with zero attached hydrogens (tertiary/aromatic N) is 1. The average molecular weight is 285 g/mol. The summed E-state index contributed by atoms with van der Waals surface area (Å²) in [5.74, 6) is -1.98. The fourth-order valence-electron chi connectivity index (χ4n) is 1.89. The molecular formula is C10H14F3NO3S. The normalized spacial score (nSPS) is 22.7. The lowest BCUT2D eigenvalue weighted by molar-refractivity contribution is -0.156. The van der Waals surface area contributed by atoms with Crippen LogP contribution in [0.15, 0.2) is 0 Å². The minimum atomic E-state index is -4.56. The molecule has 1 amide bonds. The van der Waals surface area contributed by atoms with E-state index in [0.29, 0.717) is 12.8 Å². The quantitative estimate of drug-likeness (QED) is 0.776. The lowest BCUT2D eigenvalue weighted by atomic mass is 10.0. The van der Waals surface area contributed by atoms with Crippen molar-refractivity contribution in [1.82, 2.24) is 4.90 Å². The van der Waals surface area contributed by atoms with Crippen molar-refractivity contribution in [3.8, 4) is 0 Å². The molecule has 1 heterocycles. The van der Waals surface area contributed by atoms with E-state index in [1.54, 1.807) is 0 Å². The Hall–Kier alpha value is -0.920. The molecule has 2 atom stereocenters. The van der Waals surface area contributed by atoms with Gasteiger partial charge in [0.2, 0.25) is 5.91 Å². The molecule has 0 spiro atoms. The van der Waals surface area contributed by atoms with Gasteiger partial charge in [-0.15, -0.1) is 0 Å². The molecule has 1 saturated heterocycles. The Morgan fingerprint density at radius 1 is 1.39 bits per heavy atom. The number of hydrogen-bond donors (Lipinski definition) is 2. The second-order valence-electron chi connectivity index (χ2n) is 4.20. The molecule has 1 fully saturated rings. The number of amides is 1. The molecule has 18 heavy (non-hydrogen) atoms. The van der Waals surface area contributed by atoms with E-state index < -0.39 is 35.8 Å². The lowest BCUT2D eigenvalue weighted by Gasteiger charge is -2.33. The van der Waals surface area contributed by atoms with E-state index in [2.05, 4.69) is 12.6 Å². The van der Waals surface area contributed by atoms with Crippen LogP contribution in [0.3, 0.4) is 0 Å². The molecule has 1 rings (SSSR count). The first kappa shape index (κ1) is 15.1. The van der Waals surface area contributed by atoms with Gasteiger partial charge < -0.3 is 10.0 Å². The molecule has 0 aromatic rings. The van der Waals surface area contributed by atoms with E-state index >= 15 is 0 Å². The number of piperidine rings is 1. The van der Waals surface area contributed by atoms with Crippen molar-refractivity contribution in [3.05, 3.63) is 0 Å². The summed E-state index contributed by atoms with van der Waals surface area (Å²) in [7, 11) is 0. The zero-order valence-electron chi connectivity index (χ0n) is 9.48. The van der Waals surface area contributed by atoms with Gasteiger partial charge in [0.1, 0.15) is 11.3 Å². The number of likely N-dealkylation sites (tertiary alicyclic amines) is 1. The Balaban J connectivity index is 2.67. The Labute approximate surface area is 108 Å². The third-order valence-electron chi connectivity index (χ3n) is 2.85. The van der Waals surface area contributed by atoms with Crippen LogP contribution in [0.2, 0.25) is 0 Å². The van der Waals surface area contributed by atoms with Gasteiger partial charge in [-0.2, -0.15) is 25.8 Å². The molecule has 1 N–H and O–H groups in total. The second-order valence-corrected chi connectivity index (χ2v) is 4.82. The van der Waals surface area contributed by atoms with Gasteiger partial charge in [-0.25, -0.2) is 4.79 Å². The molecule has 8 heteroatoms. The van der Waals surface area contributed by atoms with Crippen molar-refractivity contribution in [2.75, 3.05) is 6.54 Å². The maximum Gasteiger partial charge on any atom is 0.400 e. The number of aliphatic carboxylic acids is 1. The van der Waals surface area contributed by atoms with Crippen molar-refractivity contribution in [2.24, 2.45) is 0 Å². The summed E-state index contributed by atoms with van der Waals surface area (Å²) in [5, 5.41) is 6.86. The minimum Gasteiger partial charge on any atom is -0.480 e. The molecule has 104 valence electrons. The first-order chi connectivity index (χ1) is 8.23. The van der Waals surface area contributed by atoms with E-state index in [1.807, 2.05) is 0 Å². The van der Waals surface area contributed by atoms with Crippen LogP contribution in [0, 0.1) is 0 Å². The number of carboxylic acid groups (broad SMARTS) is 1. The molecule has 0 saturated carbocycles. The summed E-state index contributed by atoms with van der Waals surface area (Å²) in [6, 6.07) is -1.01. The average Bonchev–Trinajstić information content (AvgIpc) is 2.27. The molecular weight excluding hydrogens is 271 g/mol. The highest BCUT2D eigenvalue weighted by Gasteiger charge is 2.40. The number of carbonyl (C=O) groups excluding carboxylic acids is 1. The van der Waals surface area contributed by atoms with Gasteiger partial charge in [0.05, 0.1) is 0 Å². The molecule has 0 aromatic heterocycles. The fourth-order valence-corrected chi connectivity index (χ4v) is 2.04. The van der Waals surface area contributed by atoms with Crippen molar-refractivity contribution < 1.29 is 27.9 Å². The van der Waals surface area contributed by atoms with E-state index in [1.165, 1.54) is 0 Å². The minimum absolute atomic E-state index is 0.189. The van der Waals surface area contributed by atoms with Crippen LogP contribution in [-0.4, -0.2) is 45.9 Å². The smallest absolute Gasteiger partial charge is 0.400 e. The van der Waals surface area contributed by atoms with Crippen LogP contribution < -0.4 is 0 Å². The fraction of sp³-hybridized carbons (Fsp3) is 0.800. The Kier molecular flexibility index (Phi) is 4.89. The van der Waals surface area contributed by atoms with Gasteiger partial charge in [0.15, 0.2) is 0 Å². The van der Waals surface area contributed by atoms with E-state index in [0.717, 1.165) is 4.90 Å². The molecule has 0 radical (unpaired) electrons. The van der Waals surface area contributed by atoms with Crippen LogP contribution in [0.25, 0.3) is 0 Å². The highest BCUT2D eigenvalue weighted by atomic mass is 32.1. The summed E-state index contributed by atoms with van der Waals surface area (Å²) in [6.45, 7) is 0.189. The van der Waals surface area contributed by atoms with E-state index in [4.69, 9.17) is 5.11 Å². The van der Waals surface area contributed by atoms with Crippen molar-refractivity contribution in [3.63, 3.8) is 0 Å². The van der Waals surface area contributed by atoms with Gasteiger partial charge in [-0.3, -0.25) is 4.79 Å². The van der Waals surface area contributed by atoms with Gasteiger partial charge in [-0.1, -0.05) is 0 Å². The second kappa shape index (κ2) is 5.81. The van der Waals surface area contributed by atoms with Crippen LogP contribution in [0.4, 0.5) is 13.2 Å². The Morgan fingerprint density at radius 3 is 2.50 bits per heavy atom. The summed E-state index contributed by atoms with van der Waals surface area (Å²) >= 11 is 3.33. The Morgan fingerprint density at radius 2 is 2.00 bits per heavy atom. The molecule has 0 aromatic carbocycles. The number of carbonyl (C=O) groups is 2. The summed E-state index contributed by atoms with van der Waals surface area (Å²) in [4.78, 5) is 23.6. The molecule has 0 aliphatic carbocycles. The number of alkyl halides is 3. The maximum absolute atomic E-state index is 12.3. The van der Waals surface area contributed by atoms with E-state index in [-0.39, 0.29) is 13.0 Å². The van der Waals surface area contributed by atoms with Gasteiger partial charge in [-0.05, 0) is 19.3 Å². The molecule has 0 bridgehead atoms. The summed E-state index contributed by atoms with van der Waals surface area (Å²) in [6.07, 6.45) is -3.84. The first-order valence-corrected chi connectivity index (χ1v) is 6.02. The van der Waals surface area contributed by atoms with Gasteiger partial charge in [0.25, 0.3) is 0 Å².